The van der Waals surface area contributed by atoms with E-state index in [0.29, 0.717) is 6.04 Å². The van der Waals surface area contributed by atoms with E-state index in [4.69, 9.17) is 0 Å². The lowest BCUT2D eigenvalue weighted by Crippen LogP contribution is -2.39. The molecule has 2 saturated heterocycles. The Hall–Kier alpha value is -1.13. The molecule has 0 aliphatic carbocycles. The Balaban J connectivity index is 1.61. The molecule has 0 amide bonds. The van der Waals surface area contributed by atoms with Gasteiger partial charge < -0.3 is 10.2 Å². The SMILES string of the molecule is Fc1ccc(N2CC[C@H](N3CCCNCC3)C2)cc1. The van der Waals surface area contributed by atoms with Gasteiger partial charge in [0.1, 0.15) is 5.82 Å². The Morgan fingerprint density at radius 1 is 1.05 bits per heavy atom. The molecule has 2 heterocycles. The van der Waals surface area contributed by atoms with Gasteiger partial charge in [-0.25, -0.2) is 4.39 Å². The van der Waals surface area contributed by atoms with Crippen molar-refractivity contribution in [1.29, 1.82) is 0 Å². The summed E-state index contributed by atoms with van der Waals surface area (Å²) in [5.41, 5.74) is 1.15. The van der Waals surface area contributed by atoms with Gasteiger partial charge in [0.15, 0.2) is 0 Å². The standard InChI is InChI=1S/C15H22FN3/c16-13-2-4-14(5-3-13)19-10-6-15(12-19)18-9-1-7-17-8-11-18/h2-5,15,17H,1,6-12H2/t15-/m0/s1. The number of nitrogens with zero attached hydrogens (tertiary/aromatic N) is 2. The van der Waals surface area contributed by atoms with Gasteiger partial charge in [-0.1, -0.05) is 0 Å². The van der Waals surface area contributed by atoms with Gasteiger partial charge in [-0.05, 0) is 50.2 Å². The zero-order chi connectivity index (χ0) is 13.1. The number of hydrogen-bond donors (Lipinski definition) is 1. The summed E-state index contributed by atoms with van der Waals surface area (Å²) in [4.78, 5) is 4.99. The van der Waals surface area contributed by atoms with E-state index in [1.54, 1.807) is 12.1 Å². The largest absolute Gasteiger partial charge is 0.370 e. The monoisotopic (exact) mass is 263 g/mol. The van der Waals surface area contributed by atoms with Crippen molar-refractivity contribution in [2.75, 3.05) is 44.2 Å². The van der Waals surface area contributed by atoms with Crippen LogP contribution in [0.15, 0.2) is 24.3 Å². The van der Waals surface area contributed by atoms with E-state index in [1.165, 1.54) is 19.4 Å². The zero-order valence-electron chi connectivity index (χ0n) is 11.3. The van der Waals surface area contributed by atoms with Crippen molar-refractivity contribution >= 4 is 5.69 Å². The minimum Gasteiger partial charge on any atom is -0.370 e. The van der Waals surface area contributed by atoms with Crippen molar-refractivity contribution in [1.82, 2.24) is 10.2 Å². The predicted molar refractivity (Wildman–Crippen MR) is 76.1 cm³/mol. The third-order valence-corrected chi connectivity index (χ3v) is 4.25. The van der Waals surface area contributed by atoms with Gasteiger partial charge in [0.25, 0.3) is 0 Å². The van der Waals surface area contributed by atoms with E-state index < -0.39 is 0 Å². The summed E-state index contributed by atoms with van der Waals surface area (Å²) in [7, 11) is 0. The van der Waals surface area contributed by atoms with Crippen molar-refractivity contribution in [3.63, 3.8) is 0 Å². The fraction of sp³-hybridized carbons (Fsp3) is 0.600. The minimum absolute atomic E-state index is 0.155. The van der Waals surface area contributed by atoms with Crippen molar-refractivity contribution in [3.05, 3.63) is 30.1 Å². The topological polar surface area (TPSA) is 18.5 Å². The Morgan fingerprint density at radius 3 is 2.74 bits per heavy atom. The highest BCUT2D eigenvalue weighted by molar-refractivity contribution is 5.47. The molecule has 3 rings (SSSR count). The fourth-order valence-electron chi connectivity index (χ4n) is 3.16. The maximum Gasteiger partial charge on any atom is 0.123 e. The number of nitrogens with one attached hydrogen (secondary N) is 1. The highest BCUT2D eigenvalue weighted by atomic mass is 19.1. The van der Waals surface area contributed by atoms with E-state index in [2.05, 4.69) is 15.1 Å². The van der Waals surface area contributed by atoms with E-state index in [9.17, 15) is 4.39 Å². The number of halogens is 1. The highest BCUT2D eigenvalue weighted by Crippen LogP contribution is 2.23. The molecule has 2 aliphatic rings. The Labute approximate surface area is 114 Å². The van der Waals surface area contributed by atoms with Gasteiger partial charge in [0.2, 0.25) is 0 Å². The average molecular weight is 263 g/mol. The molecule has 2 fully saturated rings. The highest BCUT2D eigenvalue weighted by Gasteiger charge is 2.27. The third kappa shape index (κ3) is 3.07. The van der Waals surface area contributed by atoms with Crippen LogP contribution in [0.3, 0.4) is 0 Å². The first-order valence-electron chi connectivity index (χ1n) is 7.28. The molecule has 4 heteroatoms. The summed E-state index contributed by atoms with van der Waals surface area (Å²) >= 11 is 0. The number of rotatable bonds is 2. The predicted octanol–water partition coefficient (Wildman–Crippen LogP) is 1.70. The van der Waals surface area contributed by atoms with Crippen LogP contribution in [0, 0.1) is 5.82 Å². The second-order valence-corrected chi connectivity index (χ2v) is 5.50. The maximum absolute atomic E-state index is 13.0. The van der Waals surface area contributed by atoms with Gasteiger partial charge in [-0.3, -0.25) is 4.90 Å². The molecule has 2 aliphatic heterocycles. The van der Waals surface area contributed by atoms with Crippen molar-refractivity contribution < 1.29 is 4.39 Å². The van der Waals surface area contributed by atoms with E-state index in [-0.39, 0.29) is 5.82 Å². The summed E-state index contributed by atoms with van der Waals surface area (Å²) < 4.78 is 13.0. The lowest BCUT2D eigenvalue weighted by atomic mass is 10.2. The van der Waals surface area contributed by atoms with Crippen LogP contribution in [-0.2, 0) is 0 Å². The first-order chi connectivity index (χ1) is 9.33. The van der Waals surface area contributed by atoms with Crippen LogP contribution < -0.4 is 10.2 Å². The molecule has 0 aromatic heterocycles. The smallest absolute Gasteiger partial charge is 0.123 e. The normalized spacial score (nSPS) is 25.5. The lowest BCUT2D eigenvalue weighted by molar-refractivity contribution is 0.224. The third-order valence-electron chi connectivity index (χ3n) is 4.25. The van der Waals surface area contributed by atoms with Crippen LogP contribution in [0.5, 0.6) is 0 Å². The second kappa shape index (κ2) is 5.88. The molecule has 0 bridgehead atoms. The van der Waals surface area contributed by atoms with Gasteiger partial charge >= 0.3 is 0 Å². The molecular weight excluding hydrogens is 241 g/mol. The molecule has 1 N–H and O–H groups in total. The van der Waals surface area contributed by atoms with Crippen molar-refractivity contribution in [3.8, 4) is 0 Å². The summed E-state index contributed by atoms with van der Waals surface area (Å²) in [6, 6.07) is 7.55. The minimum atomic E-state index is -0.155. The number of benzene rings is 1. The van der Waals surface area contributed by atoms with E-state index in [1.807, 2.05) is 12.1 Å². The summed E-state index contributed by atoms with van der Waals surface area (Å²) in [6.07, 6.45) is 2.46. The van der Waals surface area contributed by atoms with Crippen LogP contribution in [0.25, 0.3) is 0 Å². The lowest BCUT2D eigenvalue weighted by Gasteiger charge is -2.27. The van der Waals surface area contributed by atoms with E-state index >= 15 is 0 Å². The molecule has 19 heavy (non-hydrogen) atoms. The fourth-order valence-corrected chi connectivity index (χ4v) is 3.16. The van der Waals surface area contributed by atoms with Crippen LogP contribution in [0.1, 0.15) is 12.8 Å². The summed E-state index contributed by atoms with van der Waals surface area (Å²) in [6.45, 7) is 6.76. The Bertz CT molecular complexity index is 398. The van der Waals surface area contributed by atoms with Gasteiger partial charge in [0, 0.05) is 37.9 Å². The molecule has 0 saturated carbocycles. The summed E-state index contributed by atoms with van der Waals surface area (Å²) in [5.74, 6) is -0.155. The molecular formula is C15H22FN3. The molecule has 0 unspecified atom stereocenters. The second-order valence-electron chi connectivity index (χ2n) is 5.50. The van der Waals surface area contributed by atoms with Crippen LogP contribution in [-0.4, -0.2) is 50.2 Å². The zero-order valence-corrected chi connectivity index (χ0v) is 11.3. The van der Waals surface area contributed by atoms with E-state index in [0.717, 1.165) is 38.4 Å². The Kier molecular flexibility index (Phi) is 3.99. The number of anilines is 1. The maximum atomic E-state index is 13.0. The molecule has 1 aromatic carbocycles. The van der Waals surface area contributed by atoms with Gasteiger partial charge in [-0.2, -0.15) is 0 Å². The molecule has 104 valence electrons. The first-order valence-corrected chi connectivity index (χ1v) is 7.28. The van der Waals surface area contributed by atoms with Crippen LogP contribution in [0.2, 0.25) is 0 Å². The van der Waals surface area contributed by atoms with Gasteiger partial charge in [-0.15, -0.1) is 0 Å². The molecule has 0 spiro atoms. The van der Waals surface area contributed by atoms with Crippen LogP contribution in [0.4, 0.5) is 10.1 Å². The van der Waals surface area contributed by atoms with Crippen molar-refractivity contribution in [2.24, 2.45) is 0 Å². The first kappa shape index (κ1) is 12.9. The molecule has 1 atom stereocenters. The molecule has 0 radical (unpaired) electrons. The summed E-state index contributed by atoms with van der Waals surface area (Å²) in [5, 5.41) is 3.45. The van der Waals surface area contributed by atoms with Crippen molar-refractivity contribution in [2.45, 2.75) is 18.9 Å². The quantitative estimate of drug-likeness (QED) is 0.876. The molecule has 3 nitrogen and oxygen atoms in total. The number of hydrogen-bond acceptors (Lipinski definition) is 3. The van der Waals surface area contributed by atoms with Gasteiger partial charge in [0.05, 0.1) is 0 Å². The molecule has 1 aromatic rings. The Morgan fingerprint density at radius 2 is 1.89 bits per heavy atom. The van der Waals surface area contributed by atoms with Crippen LogP contribution >= 0.6 is 0 Å². The average Bonchev–Trinajstić information content (AvgIpc) is 2.76.